The number of carbonyl (C=O) groups is 1. The predicted octanol–water partition coefficient (Wildman–Crippen LogP) is 1.97. The molecule has 1 aromatic carbocycles. The molecule has 0 spiro atoms. The molecule has 0 bridgehead atoms. The van der Waals surface area contributed by atoms with Crippen molar-refractivity contribution in [2.24, 2.45) is 0 Å². The Morgan fingerprint density at radius 3 is 2.83 bits per heavy atom. The summed E-state index contributed by atoms with van der Waals surface area (Å²) in [7, 11) is 0. The lowest BCUT2D eigenvalue weighted by atomic mass is 10.0. The Morgan fingerprint density at radius 2 is 2.04 bits per heavy atom. The predicted molar refractivity (Wildman–Crippen MR) is 86.0 cm³/mol. The first kappa shape index (κ1) is 15.2. The number of aromatic nitrogens is 3. The average Bonchev–Trinajstić information content (AvgIpc) is 3.06. The summed E-state index contributed by atoms with van der Waals surface area (Å²) < 4.78 is 1.71. The molecule has 1 amide bonds. The summed E-state index contributed by atoms with van der Waals surface area (Å²) in [6, 6.07) is 13.1. The highest BCUT2D eigenvalue weighted by atomic mass is 16.3. The van der Waals surface area contributed by atoms with Crippen molar-refractivity contribution in [3.63, 3.8) is 0 Å². The molecule has 0 aliphatic heterocycles. The number of rotatable bonds is 6. The SMILES string of the molecule is O=C(NC(CCCO)c1ccccc1)c1ccc2nncn2c1. The van der Waals surface area contributed by atoms with Gasteiger partial charge in [0.05, 0.1) is 11.6 Å². The Morgan fingerprint density at radius 1 is 1.22 bits per heavy atom. The first-order chi connectivity index (χ1) is 11.3. The van der Waals surface area contributed by atoms with Gasteiger partial charge in [-0.15, -0.1) is 10.2 Å². The number of nitrogens with zero attached hydrogens (tertiary/aromatic N) is 3. The van der Waals surface area contributed by atoms with E-state index in [-0.39, 0.29) is 18.6 Å². The zero-order valence-corrected chi connectivity index (χ0v) is 12.6. The van der Waals surface area contributed by atoms with Crippen LogP contribution in [0.5, 0.6) is 0 Å². The van der Waals surface area contributed by atoms with E-state index >= 15 is 0 Å². The largest absolute Gasteiger partial charge is 0.396 e. The first-order valence-electron chi connectivity index (χ1n) is 7.54. The van der Waals surface area contributed by atoms with Crippen LogP contribution in [-0.4, -0.2) is 32.2 Å². The molecule has 1 atom stereocenters. The molecule has 2 aromatic heterocycles. The van der Waals surface area contributed by atoms with Gasteiger partial charge in [0.2, 0.25) is 0 Å². The third kappa shape index (κ3) is 3.54. The van der Waals surface area contributed by atoms with E-state index in [4.69, 9.17) is 5.11 Å². The molecular weight excluding hydrogens is 292 g/mol. The highest BCUT2D eigenvalue weighted by Gasteiger charge is 2.16. The van der Waals surface area contributed by atoms with Gasteiger partial charge < -0.3 is 10.4 Å². The van der Waals surface area contributed by atoms with Crippen LogP contribution in [-0.2, 0) is 0 Å². The van der Waals surface area contributed by atoms with Crippen LogP contribution >= 0.6 is 0 Å². The quantitative estimate of drug-likeness (QED) is 0.729. The summed E-state index contributed by atoms with van der Waals surface area (Å²) in [6.07, 6.45) is 4.58. The highest BCUT2D eigenvalue weighted by Crippen LogP contribution is 2.19. The third-order valence-corrected chi connectivity index (χ3v) is 3.71. The molecular formula is C17H18N4O2. The molecule has 0 saturated carbocycles. The second-order valence-corrected chi connectivity index (χ2v) is 5.32. The molecule has 0 aliphatic carbocycles. The normalized spacial score (nSPS) is 12.2. The molecule has 6 heteroatoms. The van der Waals surface area contributed by atoms with Crippen molar-refractivity contribution in [3.8, 4) is 0 Å². The summed E-state index contributed by atoms with van der Waals surface area (Å²) in [6.45, 7) is 0.103. The van der Waals surface area contributed by atoms with Gasteiger partial charge in [-0.05, 0) is 30.5 Å². The van der Waals surface area contributed by atoms with Crippen molar-refractivity contribution in [2.45, 2.75) is 18.9 Å². The third-order valence-electron chi connectivity index (χ3n) is 3.71. The van der Waals surface area contributed by atoms with E-state index < -0.39 is 0 Å². The van der Waals surface area contributed by atoms with E-state index in [2.05, 4.69) is 15.5 Å². The van der Waals surface area contributed by atoms with Crippen molar-refractivity contribution in [1.82, 2.24) is 19.9 Å². The Balaban J connectivity index is 1.79. The van der Waals surface area contributed by atoms with Gasteiger partial charge in [-0.3, -0.25) is 9.20 Å². The minimum atomic E-state index is -0.160. The molecule has 0 saturated heterocycles. The molecule has 3 rings (SSSR count). The number of hydrogen-bond donors (Lipinski definition) is 2. The van der Waals surface area contributed by atoms with E-state index in [0.29, 0.717) is 24.1 Å². The van der Waals surface area contributed by atoms with Gasteiger partial charge in [-0.25, -0.2) is 0 Å². The standard InChI is InChI=1S/C17H18N4O2/c22-10-4-7-15(13-5-2-1-3-6-13)19-17(23)14-8-9-16-20-18-12-21(16)11-14/h1-3,5-6,8-9,11-12,15,22H,4,7,10H2,(H,19,23). The van der Waals surface area contributed by atoms with E-state index in [1.165, 1.54) is 0 Å². The lowest BCUT2D eigenvalue weighted by molar-refractivity contribution is 0.0932. The van der Waals surface area contributed by atoms with Crippen LogP contribution in [0.3, 0.4) is 0 Å². The fraction of sp³-hybridized carbons (Fsp3) is 0.235. The van der Waals surface area contributed by atoms with Gasteiger partial charge in [0.1, 0.15) is 6.33 Å². The Hall–Kier alpha value is -2.73. The van der Waals surface area contributed by atoms with Crippen LogP contribution in [0.1, 0.15) is 34.8 Å². The summed E-state index contributed by atoms with van der Waals surface area (Å²) in [5.41, 5.74) is 2.27. The fourth-order valence-corrected chi connectivity index (χ4v) is 2.51. The number of carbonyl (C=O) groups excluding carboxylic acids is 1. The molecule has 23 heavy (non-hydrogen) atoms. The summed E-state index contributed by atoms with van der Waals surface area (Å²) in [5, 5.41) is 19.8. The number of fused-ring (bicyclic) bond motifs is 1. The molecule has 2 heterocycles. The van der Waals surface area contributed by atoms with Crippen molar-refractivity contribution in [1.29, 1.82) is 0 Å². The van der Waals surface area contributed by atoms with Gasteiger partial charge in [0.15, 0.2) is 5.65 Å². The highest BCUT2D eigenvalue weighted by molar-refractivity contribution is 5.94. The number of nitrogens with one attached hydrogen (secondary N) is 1. The molecule has 118 valence electrons. The fourth-order valence-electron chi connectivity index (χ4n) is 2.51. The van der Waals surface area contributed by atoms with Crippen LogP contribution in [0.15, 0.2) is 55.0 Å². The van der Waals surface area contributed by atoms with Crippen molar-refractivity contribution in [2.75, 3.05) is 6.61 Å². The smallest absolute Gasteiger partial charge is 0.253 e. The zero-order valence-electron chi connectivity index (χ0n) is 12.6. The monoisotopic (exact) mass is 310 g/mol. The second-order valence-electron chi connectivity index (χ2n) is 5.32. The Bertz CT molecular complexity index is 785. The minimum Gasteiger partial charge on any atom is -0.396 e. The van der Waals surface area contributed by atoms with Crippen molar-refractivity contribution >= 4 is 11.6 Å². The molecule has 1 unspecified atom stereocenters. The molecule has 2 N–H and O–H groups in total. The van der Waals surface area contributed by atoms with E-state index in [0.717, 1.165) is 5.56 Å². The summed E-state index contributed by atoms with van der Waals surface area (Å²) in [5.74, 6) is -0.160. The van der Waals surface area contributed by atoms with Crippen molar-refractivity contribution < 1.29 is 9.90 Å². The van der Waals surface area contributed by atoms with E-state index in [1.54, 1.807) is 29.1 Å². The Labute approximate surface area is 133 Å². The van der Waals surface area contributed by atoms with Gasteiger partial charge in [0.25, 0.3) is 5.91 Å². The Kier molecular flexibility index (Phi) is 4.63. The number of hydrogen-bond acceptors (Lipinski definition) is 4. The maximum atomic E-state index is 12.5. The molecule has 0 fully saturated rings. The molecule has 3 aromatic rings. The molecule has 0 radical (unpaired) electrons. The van der Waals surface area contributed by atoms with Crippen LogP contribution in [0.4, 0.5) is 0 Å². The van der Waals surface area contributed by atoms with Crippen LogP contribution in [0.25, 0.3) is 5.65 Å². The molecule has 0 aliphatic rings. The topological polar surface area (TPSA) is 79.5 Å². The van der Waals surface area contributed by atoms with Gasteiger partial charge in [-0.1, -0.05) is 30.3 Å². The van der Waals surface area contributed by atoms with Crippen molar-refractivity contribution in [3.05, 3.63) is 66.1 Å². The van der Waals surface area contributed by atoms with Gasteiger partial charge in [0, 0.05) is 12.8 Å². The maximum Gasteiger partial charge on any atom is 0.253 e. The van der Waals surface area contributed by atoms with Crippen LogP contribution < -0.4 is 5.32 Å². The second kappa shape index (κ2) is 7.02. The zero-order chi connectivity index (χ0) is 16.1. The average molecular weight is 310 g/mol. The van der Waals surface area contributed by atoms with E-state index in [1.807, 2.05) is 30.3 Å². The number of pyridine rings is 1. The lowest BCUT2D eigenvalue weighted by Gasteiger charge is -2.19. The number of aliphatic hydroxyl groups excluding tert-OH is 1. The van der Waals surface area contributed by atoms with Crippen LogP contribution in [0.2, 0.25) is 0 Å². The summed E-state index contributed by atoms with van der Waals surface area (Å²) >= 11 is 0. The number of aliphatic hydroxyl groups is 1. The van der Waals surface area contributed by atoms with Gasteiger partial charge >= 0.3 is 0 Å². The van der Waals surface area contributed by atoms with Crippen LogP contribution in [0, 0.1) is 0 Å². The van der Waals surface area contributed by atoms with E-state index in [9.17, 15) is 4.79 Å². The van der Waals surface area contributed by atoms with Gasteiger partial charge in [-0.2, -0.15) is 0 Å². The minimum absolute atomic E-state index is 0.103. The lowest BCUT2D eigenvalue weighted by Crippen LogP contribution is -2.29. The number of benzene rings is 1. The summed E-state index contributed by atoms with van der Waals surface area (Å²) in [4.78, 5) is 12.5. The maximum absolute atomic E-state index is 12.5. The number of amides is 1. The first-order valence-corrected chi connectivity index (χ1v) is 7.54. The molecule has 6 nitrogen and oxygen atoms in total.